The molecule has 0 radical (unpaired) electrons. The van der Waals surface area contributed by atoms with Crippen LogP contribution in [0.1, 0.15) is 18.9 Å². The molecule has 1 N–H and O–H groups in total. The molecule has 3 rings (SSSR count). The fourth-order valence-corrected chi connectivity index (χ4v) is 3.00. The van der Waals surface area contributed by atoms with Crippen LogP contribution in [0.2, 0.25) is 0 Å². The molecule has 0 bridgehead atoms. The molecule has 2 heterocycles. The van der Waals surface area contributed by atoms with E-state index in [1.54, 1.807) is 0 Å². The number of hydrogen-bond donors (Lipinski definition) is 1. The first-order valence-electron chi connectivity index (χ1n) is 8.19. The van der Waals surface area contributed by atoms with Crippen LogP contribution >= 0.6 is 0 Å². The van der Waals surface area contributed by atoms with Crippen LogP contribution in [0.3, 0.4) is 0 Å². The molecule has 4 nitrogen and oxygen atoms in total. The zero-order valence-electron chi connectivity index (χ0n) is 13.3. The van der Waals surface area contributed by atoms with E-state index in [1.807, 2.05) is 0 Å². The third kappa shape index (κ3) is 3.69. The van der Waals surface area contributed by atoms with Crippen molar-refractivity contribution in [2.24, 2.45) is 0 Å². The molecule has 2 aliphatic rings. The molecule has 0 aliphatic carbocycles. The van der Waals surface area contributed by atoms with E-state index < -0.39 is 0 Å². The summed E-state index contributed by atoms with van der Waals surface area (Å²) in [5, 5.41) is 3.50. The summed E-state index contributed by atoms with van der Waals surface area (Å²) in [4.78, 5) is 4.97. The summed E-state index contributed by atoms with van der Waals surface area (Å²) >= 11 is 0. The summed E-state index contributed by atoms with van der Waals surface area (Å²) in [7, 11) is 2.20. The van der Waals surface area contributed by atoms with Crippen molar-refractivity contribution in [3.8, 4) is 5.75 Å². The van der Waals surface area contributed by atoms with Crippen molar-refractivity contribution in [1.29, 1.82) is 0 Å². The quantitative estimate of drug-likeness (QED) is 0.918. The van der Waals surface area contributed by atoms with Crippen LogP contribution in [0, 0.1) is 0 Å². The lowest BCUT2D eigenvalue weighted by atomic mass is 10.1. The Bertz CT molecular complexity index is 469. The Hall–Kier alpha value is -1.26. The number of ether oxygens (including phenoxy) is 1. The van der Waals surface area contributed by atoms with E-state index >= 15 is 0 Å². The lowest BCUT2D eigenvalue weighted by Gasteiger charge is -2.32. The zero-order valence-corrected chi connectivity index (χ0v) is 13.3. The molecule has 0 saturated carbocycles. The molecule has 1 atom stereocenters. The average Bonchev–Trinajstić information content (AvgIpc) is 2.53. The van der Waals surface area contributed by atoms with Crippen LogP contribution in [-0.2, 0) is 6.42 Å². The number of nitrogens with one attached hydrogen (secondary N) is 1. The van der Waals surface area contributed by atoms with Crippen molar-refractivity contribution in [2.75, 3.05) is 51.6 Å². The molecule has 116 valence electrons. The van der Waals surface area contributed by atoms with Gasteiger partial charge in [0.05, 0.1) is 12.2 Å². The second-order valence-corrected chi connectivity index (χ2v) is 6.25. The predicted octanol–water partition coefficient (Wildman–Crippen LogP) is 2.06. The molecule has 2 aliphatic heterocycles. The van der Waals surface area contributed by atoms with Gasteiger partial charge in [-0.2, -0.15) is 0 Å². The average molecular weight is 289 g/mol. The highest BCUT2D eigenvalue weighted by molar-refractivity contribution is 5.59. The Labute approximate surface area is 128 Å². The number of benzene rings is 1. The number of nitrogens with zero attached hydrogens (tertiary/aromatic N) is 2. The summed E-state index contributed by atoms with van der Waals surface area (Å²) in [5.41, 5.74) is 2.56. The number of anilines is 1. The minimum Gasteiger partial charge on any atom is -0.486 e. The Kier molecular flexibility index (Phi) is 4.66. The van der Waals surface area contributed by atoms with Gasteiger partial charge in [0.15, 0.2) is 0 Å². The Morgan fingerprint density at radius 2 is 2.05 bits per heavy atom. The fourth-order valence-electron chi connectivity index (χ4n) is 3.00. The van der Waals surface area contributed by atoms with Crippen molar-refractivity contribution in [2.45, 2.75) is 25.9 Å². The number of rotatable bonds is 4. The topological polar surface area (TPSA) is 27.7 Å². The van der Waals surface area contributed by atoms with Crippen LogP contribution < -0.4 is 10.1 Å². The highest BCUT2D eigenvalue weighted by Gasteiger charge is 2.18. The summed E-state index contributed by atoms with van der Waals surface area (Å²) in [6.07, 6.45) is 2.49. The molecule has 0 spiro atoms. The fraction of sp³-hybridized carbons (Fsp3) is 0.647. The second-order valence-electron chi connectivity index (χ2n) is 6.25. The summed E-state index contributed by atoms with van der Waals surface area (Å²) in [5.74, 6) is 1.01. The standard InChI is InChI=1S/C17H27N3O/c1-3-15-13-18-16-12-14(4-5-17(16)21-15)6-7-20-10-8-19(2)9-11-20/h4-5,12,15,18H,3,6-11,13H2,1-2H3. The maximum Gasteiger partial charge on any atom is 0.142 e. The van der Waals surface area contributed by atoms with Gasteiger partial charge in [-0.25, -0.2) is 0 Å². The molecular formula is C17H27N3O. The zero-order chi connectivity index (χ0) is 14.7. The van der Waals surface area contributed by atoms with E-state index in [1.165, 1.54) is 31.7 Å². The molecule has 1 aromatic rings. The molecule has 1 fully saturated rings. The van der Waals surface area contributed by atoms with Crippen LogP contribution in [0.25, 0.3) is 0 Å². The van der Waals surface area contributed by atoms with Crippen molar-refractivity contribution in [3.05, 3.63) is 23.8 Å². The molecule has 0 aromatic heterocycles. The van der Waals surface area contributed by atoms with Gasteiger partial charge in [-0.1, -0.05) is 13.0 Å². The third-order valence-corrected chi connectivity index (χ3v) is 4.63. The highest BCUT2D eigenvalue weighted by Crippen LogP contribution is 2.30. The maximum absolute atomic E-state index is 5.96. The minimum atomic E-state index is 0.314. The Balaban J connectivity index is 1.55. The molecule has 0 amide bonds. The van der Waals surface area contributed by atoms with Gasteiger partial charge in [0.25, 0.3) is 0 Å². The lowest BCUT2D eigenvalue weighted by Crippen LogP contribution is -2.45. The van der Waals surface area contributed by atoms with Gasteiger partial charge in [-0.3, -0.25) is 0 Å². The van der Waals surface area contributed by atoms with E-state index in [0.29, 0.717) is 6.10 Å². The van der Waals surface area contributed by atoms with Gasteiger partial charge in [-0.15, -0.1) is 0 Å². The molecule has 21 heavy (non-hydrogen) atoms. The normalized spacial score (nSPS) is 23.2. The van der Waals surface area contributed by atoms with Crippen LogP contribution in [0.15, 0.2) is 18.2 Å². The monoisotopic (exact) mass is 289 g/mol. The van der Waals surface area contributed by atoms with Crippen LogP contribution in [0.4, 0.5) is 5.69 Å². The first-order chi connectivity index (χ1) is 10.2. The van der Waals surface area contributed by atoms with Gasteiger partial charge in [0.2, 0.25) is 0 Å². The number of piperazine rings is 1. The third-order valence-electron chi connectivity index (χ3n) is 4.63. The van der Waals surface area contributed by atoms with E-state index in [-0.39, 0.29) is 0 Å². The smallest absolute Gasteiger partial charge is 0.142 e. The number of hydrogen-bond acceptors (Lipinski definition) is 4. The van der Waals surface area contributed by atoms with E-state index in [9.17, 15) is 0 Å². The van der Waals surface area contributed by atoms with Crippen molar-refractivity contribution in [3.63, 3.8) is 0 Å². The van der Waals surface area contributed by atoms with Crippen LogP contribution in [-0.4, -0.2) is 62.2 Å². The number of fused-ring (bicyclic) bond motifs is 1. The van der Waals surface area contributed by atoms with Crippen molar-refractivity contribution >= 4 is 5.69 Å². The summed E-state index contributed by atoms with van der Waals surface area (Å²) < 4.78 is 5.96. The SMILES string of the molecule is CCC1CNc2cc(CCN3CCN(C)CC3)ccc2O1. The Morgan fingerprint density at radius 1 is 1.24 bits per heavy atom. The van der Waals surface area contributed by atoms with Crippen molar-refractivity contribution < 1.29 is 4.74 Å². The highest BCUT2D eigenvalue weighted by atomic mass is 16.5. The second kappa shape index (κ2) is 6.67. The number of likely N-dealkylation sites (N-methyl/N-ethyl adjacent to an activating group) is 1. The lowest BCUT2D eigenvalue weighted by molar-refractivity contribution is 0.155. The van der Waals surface area contributed by atoms with E-state index in [0.717, 1.165) is 37.4 Å². The van der Waals surface area contributed by atoms with Gasteiger partial charge >= 0.3 is 0 Å². The van der Waals surface area contributed by atoms with Crippen molar-refractivity contribution in [1.82, 2.24) is 9.80 Å². The summed E-state index contributed by atoms with van der Waals surface area (Å²) in [6.45, 7) is 9.02. The minimum absolute atomic E-state index is 0.314. The van der Waals surface area contributed by atoms with Crippen LogP contribution in [0.5, 0.6) is 5.75 Å². The first kappa shape index (κ1) is 14.7. The molecule has 1 unspecified atom stereocenters. The molecular weight excluding hydrogens is 262 g/mol. The molecule has 1 aromatic carbocycles. The van der Waals surface area contributed by atoms with Gasteiger partial charge in [0, 0.05) is 32.7 Å². The largest absolute Gasteiger partial charge is 0.486 e. The van der Waals surface area contributed by atoms with Gasteiger partial charge in [-0.05, 0) is 37.6 Å². The summed E-state index contributed by atoms with van der Waals surface area (Å²) in [6, 6.07) is 6.61. The first-order valence-corrected chi connectivity index (χ1v) is 8.19. The van der Waals surface area contributed by atoms with E-state index in [4.69, 9.17) is 4.74 Å². The van der Waals surface area contributed by atoms with Gasteiger partial charge < -0.3 is 19.9 Å². The predicted molar refractivity (Wildman–Crippen MR) is 87.3 cm³/mol. The van der Waals surface area contributed by atoms with E-state index in [2.05, 4.69) is 47.3 Å². The maximum atomic E-state index is 5.96. The molecule has 1 saturated heterocycles. The van der Waals surface area contributed by atoms with Gasteiger partial charge in [0.1, 0.15) is 11.9 Å². The molecule has 4 heteroatoms. The Morgan fingerprint density at radius 3 is 2.81 bits per heavy atom.